The first-order chi connectivity index (χ1) is 17.8. The van der Waals surface area contributed by atoms with Crippen LogP contribution in [0.1, 0.15) is 19.4 Å². The molecule has 0 spiro atoms. The number of likely N-dealkylation sites (N-methyl/N-ethyl adjacent to an activating group) is 2. The van der Waals surface area contributed by atoms with Crippen LogP contribution in [0.5, 0.6) is 5.88 Å². The standard InChI is InChI=1S/C23H33N9O5S/c1-15(2)38(35,36)22-17(8-7-10-25-22)27-19-9-11-26-23(24,29-19)16-14-18(32(33)34)20(28-21(16)37-6)31(5)13-12-30(3)4/h7-11,14-15,27,29H,12-13,24H2,1-6H3. The highest BCUT2D eigenvalue weighted by Crippen LogP contribution is 2.36. The van der Waals surface area contributed by atoms with E-state index in [9.17, 15) is 18.5 Å². The lowest BCUT2D eigenvalue weighted by atomic mass is 10.1. The number of aliphatic imine (C=N–C) groups is 1. The summed E-state index contributed by atoms with van der Waals surface area (Å²) in [7, 11) is 3.19. The van der Waals surface area contributed by atoms with Gasteiger partial charge >= 0.3 is 5.69 Å². The molecule has 0 amide bonds. The molecule has 4 N–H and O–H groups in total. The predicted octanol–water partition coefficient (Wildman–Crippen LogP) is 1.27. The third-order valence-electron chi connectivity index (χ3n) is 5.77. The van der Waals surface area contributed by atoms with E-state index in [4.69, 9.17) is 10.5 Å². The summed E-state index contributed by atoms with van der Waals surface area (Å²) in [5.41, 5.74) is 6.65. The number of nitrogens with zero attached hydrogens (tertiary/aromatic N) is 6. The van der Waals surface area contributed by atoms with Crippen LogP contribution in [0.15, 0.2) is 46.3 Å². The van der Waals surface area contributed by atoms with Crippen molar-refractivity contribution in [2.75, 3.05) is 51.6 Å². The molecule has 0 aliphatic carbocycles. The number of nitrogens with two attached hydrogens (primary N) is 1. The first-order valence-corrected chi connectivity index (χ1v) is 13.2. The molecule has 1 aliphatic rings. The van der Waals surface area contributed by atoms with Crippen LogP contribution in [0.25, 0.3) is 0 Å². The Hall–Kier alpha value is -3.82. The minimum Gasteiger partial charge on any atom is -0.481 e. The van der Waals surface area contributed by atoms with Gasteiger partial charge < -0.3 is 25.2 Å². The van der Waals surface area contributed by atoms with Crippen LogP contribution >= 0.6 is 0 Å². The van der Waals surface area contributed by atoms with Crippen molar-refractivity contribution >= 4 is 33.2 Å². The molecule has 3 rings (SSSR count). The number of aromatic nitrogens is 2. The minimum atomic E-state index is -3.69. The Morgan fingerprint density at radius 1 is 1.29 bits per heavy atom. The van der Waals surface area contributed by atoms with Gasteiger partial charge in [-0.25, -0.2) is 18.4 Å². The normalized spacial score (nSPS) is 17.2. The van der Waals surface area contributed by atoms with Crippen molar-refractivity contribution in [1.82, 2.24) is 20.2 Å². The van der Waals surface area contributed by atoms with Gasteiger partial charge in [0.25, 0.3) is 0 Å². The van der Waals surface area contributed by atoms with Gasteiger partial charge in [-0.2, -0.15) is 4.98 Å². The van der Waals surface area contributed by atoms with Crippen LogP contribution in [0.3, 0.4) is 0 Å². The number of anilines is 2. The van der Waals surface area contributed by atoms with Gasteiger partial charge in [0.05, 0.1) is 28.5 Å². The van der Waals surface area contributed by atoms with E-state index in [1.807, 2.05) is 19.0 Å². The number of hydrogen-bond acceptors (Lipinski definition) is 13. The quantitative estimate of drug-likeness (QED) is 0.271. The van der Waals surface area contributed by atoms with E-state index in [1.54, 1.807) is 44.0 Å². The van der Waals surface area contributed by atoms with Gasteiger partial charge in [-0.3, -0.25) is 15.8 Å². The van der Waals surface area contributed by atoms with Crippen molar-refractivity contribution in [2.24, 2.45) is 10.7 Å². The minimum absolute atomic E-state index is 0.0418. The molecule has 0 saturated carbocycles. The number of sulfone groups is 1. The summed E-state index contributed by atoms with van der Waals surface area (Å²) in [5.74, 6) is -1.28. The van der Waals surface area contributed by atoms with E-state index in [-0.39, 0.29) is 39.5 Å². The fourth-order valence-electron chi connectivity index (χ4n) is 3.58. The first-order valence-electron chi connectivity index (χ1n) is 11.7. The highest BCUT2D eigenvalue weighted by Gasteiger charge is 2.37. The molecular formula is C23H33N9O5S. The van der Waals surface area contributed by atoms with Gasteiger partial charge in [-0.1, -0.05) is 0 Å². The number of rotatable bonds is 11. The fourth-order valence-corrected chi connectivity index (χ4v) is 4.66. The largest absolute Gasteiger partial charge is 0.481 e. The molecule has 0 fully saturated rings. The number of ether oxygens (including phenoxy) is 1. The van der Waals surface area contributed by atoms with Gasteiger partial charge in [0.2, 0.25) is 17.5 Å². The zero-order valence-electron chi connectivity index (χ0n) is 22.2. The molecule has 0 radical (unpaired) electrons. The summed E-state index contributed by atoms with van der Waals surface area (Å²) >= 11 is 0. The maximum absolute atomic E-state index is 12.8. The number of hydrogen-bond donors (Lipinski definition) is 3. The molecule has 0 saturated heterocycles. The maximum Gasteiger partial charge on any atom is 0.312 e. The van der Waals surface area contributed by atoms with Crippen molar-refractivity contribution in [1.29, 1.82) is 0 Å². The van der Waals surface area contributed by atoms with Gasteiger partial charge in [0.1, 0.15) is 5.82 Å². The van der Waals surface area contributed by atoms with E-state index < -0.39 is 25.8 Å². The number of nitro groups is 1. The number of methoxy groups -OCH3 is 1. The Morgan fingerprint density at radius 3 is 2.61 bits per heavy atom. The highest BCUT2D eigenvalue weighted by molar-refractivity contribution is 7.92. The van der Waals surface area contributed by atoms with Crippen LogP contribution in [0.4, 0.5) is 17.2 Å². The molecule has 38 heavy (non-hydrogen) atoms. The lowest BCUT2D eigenvalue weighted by molar-refractivity contribution is -0.384. The van der Waals surface area contributed by atoms with Gasteiger partial charge in [0.15, 0.2) is 14.9 Å². The van der Waals surface area contributed by atoms with Gasteiger partial charge in [-0.05, 0) is 46.2 Å². The van der Waals surface area contributed by atoms with Crippen molar-refractivity contribution in [3.05, 3.63) is 52.0 Å². The molecule has 14 nitrogen and oxygen atoms in total. The molecule has 2 aromatic rings. The molecule has 0 bridgehead atoms. The van der Waals surface area contributed by atoms with Crippen LogP contribution < -0.4 is 26.0 Å². The Bertz CT molecular complexity index is 1360. The van der Waals surface area contributed by atoms with Crippen molar-refractivity contribution in [2.45, 2.75) is 29.9 Å². The molecular weight excluding hydrogens is 514 g/mol. The van der Waals surface area contributed by atoms with E-state index in [0.717, 1.165) is 0 Å². The Kier molecular flexibility index (Phi) is 8.54. The summed E-state index contributed by atoms with van der Waals surface area (Å²) in [5, 5.41) is 17.2. The smallest absolute Gasteiger partial charge is 0.312 e. The van der Waals surface area contributed by atoms with Crippen LogP contribution in [0.2, 0.25) is 0 Å². The molecule has 1 aliphatic heterocycles. The summed E-state index contributed by atoms with van der Waals surface area (Å²) in [6.45, 7) is 4.26. The predicted molar refractivity (Wildman–Crippen MR) is 145 cm³/mol. The van der Waals surface area contributed by atoms with E-state index in [2.05, 4.69) is 25.6 Å². The molecule has 2 aromatic heterocycles. The van der Waals surface area contributed by atoms with Gasteiger partial charge in [0, 0.05) is 38.6 Å². The molecule has 3 heterocycles. The average molecular weight is 548 g/mol. The number of nitrogens with one attached hydrogen (secondary N) is 2. The zero-order chi connectivity index (χ0) is 28.3. The second-order valence-corrected chi connectivity index (χ2v) is 11.6. The van der Waals surface area contributed by atoms with Crippen molar-refractivity contribution in [3.8, 4) is 5.88 Å². The van der Waals surface area contributed by atoms with Crippen LogP contribution in [0, 0.1) is 10.1 Å². The zero-order valence-corrected chi connectivity index (χ0v) is 23.0. The molecule has 206 valence electrons. The number of allylic oxidation sites excluding steroid dienone is 1. The highest BCUT2D eigenvalue weighted by atomic mass is 32.2. The fraction of sp³-hybridized carbons (Fsp3) is 0.435. The van der Waals surface area contributed by atoms with Crippen molar-refractivity contribution < 1.29 is 18.1 Å². The molecule has 1 atom stereocenters. The summed E-state index contributed by atoms with van der Waals surface area (Å²) in [4.78, 5) is 27.8. The van der Waals surface area contributed by atoms with Crippen LogP contribution in [-0.2, 0) is 15.6 Å². The Morgan fingerprint density at radius 2 is 2.00 bits per heavy atom. The monoisotopic (exact) mass is 547 g/mol. The lowest BCUT2D eigenvalue weighted by Crippen LogP contribution is -2.51. The third kappa shape index (κ3) is 6.00. The SMILES string of the molecule is COc1nc(N(C)CCN(C)C)c([N+](=O)[O-])cc1C1(N)N=CC=C(Nc2cccnc2S(=O)(=O)C(C)C)N1. The molecule has 0 aromatic carbocycles. The summed E-state index contributed by atoms with van der Waals surface area (Å²) in [6, 6.07) is 4.44. The Labute approximate surface area is 221 Å². The third-order valence-corrected chi connectivity index (χ3v) is 7.87. The van der Waals surface area contributed by atoms with Gasteiger partial charge in [-0.15, -0.1) is 0 Å². The van der Waals surface area contributed by atoms with E-state index >= 15 is 0 Å². The average Bonchev–Trinajstić information content (AvgIpc) is 2.86. The summed E-state index contributed by atoms with van der Waals surface area (Å²) < 4.78 is 31.1. The number of pyridine rings is 2. The summed E-state index contributed by atoms with van der Waals surface area (Å²) in [6.07, 6.45) is 4.33. The molecule has 1 unspecified atom stereocenters. The first kappa shape index (κ1) is 28.7. The second-order valence-electron chi connectivity index (χ2n) is 9.19. The Balaban J connectivity index is 1.99. The maximum atomic E-state index is 12.8. The lowest BCUT2D eigenvalue weighted by Gasteiger charge is -2.32. The second kappa shape index (κ2) is 11.3. The van der Waals surface area contributed by atoms with Crippen molar-refractivity contribution in [3.63, 3.8) is 0 Å². The van der Waals surface area contributed by atoms with Crippen LogP contribution in [-0.4, -0.2) is 81.0 Å². The molecule has 15 heteroatoms. The van der Waals surface area contributed by atoms with E-state index in [0.29, 0.717) is 13.1 Å². The topological polar surface area (TPSA) is 181 Å². The van der Waals surface area contributed by atoms with E-state index in [1.165, 1.54) is 25.6 Å².